The van der Waals surface area contributed by atoms with Crippen molar-refractivity contribution in [1.82, 2.24) is 20.1 Å². The summed E-state index contributed by atoms with van der Waals surface area (Å²) in [6, 6.07) is 16.5. The van der Waals surface area contributed by atoms with Crippen molar-refractivity contribution in [2.45, 2.75) is 57.6 Å². The minimum atomic E-state index is -0.131. The number of rotatable bonds is 9. The van der Waals surface area contributed by atoms with E-state index in [1.54, 1.807) is 5.38 Å². The number of aromatic nitrogens is 1. The maximum Gasteiger partial charge on any atom is 0.270 e. The zero-order chi connectivity index (χ0) is 27.3. The van der Waals surface area contributed by atoms with Crippen LogP contribution in [0, 0.1) is 5.92 Å². The van der Waals surface area contributed by atoms with Crippen molar-refractivity contribution >= 4 is 23.2 Å². The third-order valence-electron chi connectivity index (χ3n) is 8.51. The predicted octanol–water partition coefficient (Wildman–Crippen LogP) is 5.21. The quantitative estimate of drug-likeness (QED) is 0.390. The summed E-state index contributed by atoms with van der Waals surface area (Å²) >= 11 is 1.44. The van der Waals surface area contributed by atoms with Gasteiger partial charge in [0.2, 0.25) is 5.91 Å². The number of amides is 2. The van der Waals surface area contributed by atoms with Crippen LogP contribution in [0.5, 0.6) is 5.75 Å². The smallest absolute Gasteiger partial charge is 0.270 e. The maximum atomic E-state index is 13.6. The highest BCUT2D eigenvalue weighted by molar-refractivity contribution is 7.09. The third-order valence-corrected chi connectivity index (χ3v) is 9.33. The summed E-state index contributed by atoms with van der Waals surface area (Å²) in [5.74, 6) is 1.05. The molecule has 2 aliphatic heterocycles. The molecule has 8 heteroatoms. The van der Waals surface area contributed by atoms with Crippen LogP contribution in [0.2, 0.25) is 0 Å². The van der Waals surface area contributed by atoms with Gasteiger partial charge < -0.3 is 19.9 Å². The second-order valence-electron chi connectivity index (χ2n) is 11.2. The first-order valence-electron chi connectivity index (χ1n) is 14.7. The van der Waals surface area contributed by atoms with Crippen LogP contribution in [0.1, 0.15) is 76.8 Å². The standard InChI is InChI=1S/C32H38N4O3S/c37-31(33-15-19-35-16-6-7-17-35)28-22-40-29(34-28)21-39-26-13-12-23-14-18-36(32(38)25-10-4-5-11-25)30(27(23)20-26)24-8-2-1-3-9-24/h1-3,8-9,12-13,20,22,25,30H,4-7,10-11,14-19,21H2,(H,33,37). The van der Waals surface area contributed by atoms with Gasteiger partial charge in [-0.3, -0.25) is 9.59 Å². The van der Waals surface area contributed by atoms with E-state index < -0.39 is 0 Å². The number of carbonyl (C=O) groups is 2. The molecule has 1 aromatic heterocycles. The van der Waals surface area contributed by atoms with Crippen molar-refractivity contribution in [3.8, 4) is 5.75 Å². The van der Waals surface area contributed by atoms with E-state index in [-0.39, 0.29) is 23.8 Å². The van der Waals surface area contributed by atoms with Crippen molar-refractivity contribution < 1.29 is 14.3 Å². The Balaban J connectivity index is 1.13. The van der Waals surface area contributed by atoms with Gasteiger partial charge in [0.05, 0.1) is 6.04 Å². The van der Waals surface area contributed by atoms with Gasteiger partial charge in [-0.1, -0.05) is 49.2 Å². The van der Waals surface area contributed by atoms with Gasteiger partial charge in [-0.25, -0.2) is 4.98 Å². The molecule has 3 aliphatic rings. The average Bonchev–Trinajstić information content (AvgIpc) is 3.79. The average molecular weight is 559 g/mol. The number of thiazole rings is 1. The SMILES string of the molecule is O=C(NCCN1CCCC1)c1csc(COc2ccc3c(c2)C(c2ccccc2)N(C(=O)C2CCCC2)CC3)n1. The van der Waals surface area contributed by atoms with E-state index in [0.29, 0.717) is 18.8 Å². The Morgan fingerprint density at radius 2 is 1.80 bits per heavy atom. The summed E-state index contributed by atoms with van der Waals surface area (Å²) in [4.78, 5) is 35.2. The number of nitrogens with one attached hydrogen (secondary N) is 1. The minimum absolute atomic E-state index is 0.114. The number of likely N-dealkylation sites (tertiary alicyclic amines) is 1. The Bertz CT molecular complexity index is 1310. The number of nitrogens with zero attached hydrogens (tertiary/aromatic N) is 3. The van der Waals surface area contributed by atoms with Crippen molar-refractivity contribution in [2.24, 2.45) is 5.92 Å². The van der Waals surface area contributed by atoms with E-state index >= 15 is 0 Å². The van der Waals surface area contributed by atoms with Gasteiger partial charge in [0, 0.05) is 30.9 Å². The summed E-state index contributed by atoms with van der Waals surface area (Å²) in [6.07, 6.45) is 7.63. The zero-order valence-corrected chi connectivity index (χ0v) is 23.8. The molecule has 1 saturated heterocycles. The lowest BCUT2D eigenvalue weighted by Gasteiger charge is -2.39. The molecule has 210 valence electrons. The number of benzene rings is 2. The van der Waals surface area contributed by atoms with Crippen LogP contribution in [0.25, 0.3) is 0 Å². The number of fused-ring (bicyclic) bond motifs is 1. The highest BCUT2D eigenvalue weighted by Crippen LogP contribution is 2.39. The monoisotopic (exact) mass is 558 g/mol. The summed E-state index contributed by atoms with van der Waals surface area (Å²) < 4.78 is 6.19. The Kier molecular flexibility index (Phi) is 8.44. The molecule has 0 spiro atoms. The van der Waals surface area contributed by atoms with Gasteiger partial charge in [0.1, 0.15) is 23.1 Å². The topological polar surface area (TPSA) is 74.8 Å². The molecule has 1 aliphatic carbocycles. The molecule has 6 rings (SSSR count). The molecule has 1 atom stereocenters. The second-order valence-corrected chi connectivity index (χ2v) is 12.1. The fourth-order valence-corrected chi connectivity index (χ4v) is 7.06. The summed E-state index contributed by atoms with van der Waals surface area (Å²) in [5, 5.41) is 5.56. The Labute approximate surface area is 240 Å². The third kappa shape index (κ3) is 6.08. The molecule has 0 bridgehead atoms. The number of hydrogen-bond acceptors (Lipinski definition) is 6. The van der Waals surface area contributed by atoms with Crippen molar-refractivity contribution in [3.63, 3.8) is 0 Å². The second kappa shape index (κ2) is 12.5. The van der Waals surface area contributed by atoms with Crippen LogP contribution in [0.4, 0.5) is 0 Å². The van der Waals surface area contributed by atoms with Crippen molar-refractivity contribution in [2.75, 3.05) is 32.7 Å². The first kappa shape index (κ1) is 27.0. The summed E-state index contributed by atoms with van der Waals surface area (Å²) in [7, 11) is 0. The van der Waals surface area contributed by atoms with E-state index in [9.17, 15) is 9.59 Å². The predicted molar refractivity (Wildman–Crippen MR) is 157 cm³/mol. The van der Waals surface area contributed by atoms with Gasteiger partial charge in [0.15, 0.2) is 0 Å². The molecule has 1 N–H and O–H groups in total. The molecule has 0 radical (unpaired) electrons. The molecular formula is C32H38N4O3S. The van der Waals surface area contributed by atoms with E-state index in [1.165, 1.54) is 29.7 Å². The fraction of sp³-hybridized carbons (Fsp3) is 0.469. The number of hydrogen-bond donors (Lipinski definition) is 1. The van der Waals surface area contributed by atoms with E-state index in [1.807, 2.05) is 24.3 Å². The number of ether oxygens (including phenoxy) is 1. The summed E-state index contributed by atoms with van der Waals surface area (Å²) in [5.41, 5.74) is 3.98. The van der Waals surface area contributed by atoms with Gasteiger partial charge in [-0.15, -0.1) is 11.3 Å². The molecule has 3 aromatic rings. The molecule has 2 fully saturated rings. The molecule has 3 heterocycles. The lowest BCUT2D eigenvalue weighted by atomic mass is 9.87. The molecule has 40 heavy (non-hydrogen) atoms. The normalized spacial score (nSPS) is 19.5. The molecule has 7 nitrogen and oxygen atoms in total. The molecule has 2 aromatic carbocycles. The Hall–Kier alpha value is -3.23. The Morgan fingerprint density at radius 1 is 1.00 bits per heavy atom. The first-order valence-corrected chi connectivity index (χ1v) is 15.6. The lowest BCUT2D eigenvalue weighted by molar-refractivity contribution is -0.137. The van der Waals surface area contributed by atoms with Crippen LogP contribution in [0.15, 0.2) is 53.9 Å². The minimum Gasteiger partial charge on any atom is -0.486 e. The van der Waals surface area contributed by atoms with Crippen LogP contribution in [0.3, 0.4) is 0 Å². The Morgan fingerprint density at radius 3 is 2.60 bits per heavy atom. The largest absolute Gasteiger partial charge is 0.486 e. The molecule has 2 amide bonds. The highest BCUT2D eigenvalue weighted by atomic mass is 32.1. The van der Waals surface area contributed by atoms with E-state index in [4.69, 9.17) is 4.74 Å². The van der Waals surface area contributed by atoms with Gasteiger partial charge in [-0.05, 0) is 74.0 Å². The van der Waals surface area contributed by atoms with Crippen molar-refractivity contribution in [3.05, 3.63) is 81.3 Å². The van der Waals surface area contributed by atoms with Gasteiger partial charge >= 0.3 is 0 Å². The van der Waals surface area contributed by atoms with Crippen LogP contribution >= 0.6 is 11.3 Å². The fourth-order valence-electron chi connectivity index (χ4n) is 6.37. The molecule has 1 unspecified atom stereocenters. The molecular weight excluding hydrogens is 520 g/mol. The van der Waals surface area contributed by atoms with Crippen LogP contribution in [-0.4, -0.2) is 59.3 Å². The number of carbonyl (C=O) groups excluding carboxylic acids is 2. The maximum absolute atomic E-state index is 13.6. The van der Waals surface area contributed by atoms with E-state index in [0.717, 1.165) is 80.2 Å². The van der Waals surface area contributed by atoms with Gasteiger partial charge in [0.25, 0.3) is 5.91 Å². The van der Waals surface area contributed by atoms with Crippen LogP contribution < -0.4 is 10.1 Å². The van der Waals surface area contributed by atoms with Gasteiger partial charge in [-0.2, -0.15) is 0 Å². The molecule has 1 saturated carbocycles. The first-order chi connectivity index (χ1) is 19.7. The summed E-state index contributed by atoms with van der Waals surface area (Å²) in [6.45, 7) is 4.81. The van der Waals surface area contributed by atoms with E-state index in [2.05, 4.69) is 44.4 Å². The van der Waals surface area contributed by atoms with Crippen molar-refractivity contribution in [1.29, 1.82) is 0 Å². The lowest BCUT2D eigenvalue weighted by Crippen LogP contribution is -2.43. The highest BCUT2D eigenvalue weighted by Gasteiger charge is 2.36. The van der Waals surface area contributed by atoms with Crippen LogP contribution in [-0.2, 0) is 17.8 Å². The zero-order valence-electron chi connectivity index (χ0n) is 23.0.